The van der Waals surface area contributed by atoms with Crippen LogP contribution in [0.1, 0.15) is 31.2 Å². The lowest BCUT2D eigenvalue weighted by molar-refractivity contribution is 0.211. The van der Waals surface area contributed by atoms with Gasteiger partial charge in [-0.15, -0.1) is 0 Å². The summed E-state index contributed by atoms with van der Waals surface area (Å²) in [5.41, 5.74) is 1.35. The normalized spacial score (nSPS) is 19.7. The summed E-state index contributed by atoms with van der Waals surface area (Å²) < 4.78 is 26.7. The van der Waals surface area contributed by atoms with Crippen LogP contribution in [0.25, 0.3) is 0 Å². The van der Waals surface area contributed by atoms with Crippen molar-refractivity contribution in [1.82, 2.24) is 14.2 Å². The van der Waals surface area contributed by atoms with Crippen molar-refractivity contribution in [1.29, 1.82) is 0 Å². The van der Waals surface area contributed by atoms with Gasteiger partial charge in [-0.3, -0.25) is 4.90 Å². The van der Waals surface area contributed by atoms with Crippen LogP contribution in [0.4, 0.5) is 5.82 Å². The van der Waals surface area contributed by atoms with Crippen LogP contribution >= 0.6 is 0 Å². The summed E-state index contributed by atoms with van der Waals surface area (Å²) in [6, 6.07) is 14.4. The molecule has 0 saturated carbocycles. The maximum Gasteiger partial charge on any atom is 0.244 e. The molecule has 4 rings (SSSR count). The van der Waals surface area contributed by atoms with Crippen LogP contribution in [-0.2, 0) is 16.6 Å². The van der Waals surface area contributed by atoms with E-state index in [-0.39, 0.29) is 4.90 Å². The molecule has 2 aliphatic heterocycles. The van der Waals surface area contributed by atoms with Gasteiger partial charge in [-0.05, 0) is 43.4 Å². The molecule has 2 fully saturated rings. The lowest BCUT2D eigenvalue weighted by Gasteiger charge is -2.32. The monoisotopic (exact) mass is 400 g/mol. The summed E-state index contributed by atoms with van der Waals surface area (Å²) in [6.07, 6.45) is 5.48. The molecule has 0 amide bonds. The fourth-order valence-electron chi connectivity index (χ4n) is 3.98. The number of aromatic nitrogens is 1. The standard InChI is InChI=1S/C21H28N4O2S/c26-28(27,25-12-4-5-13-25)20-8-9-21(22-16-20)23-19-10-14-24(15-11-19)17-18-6-2-1-3-7-18/h1-3,6-9,16,19H,4-5,10-15,17H2,(H,22,23). The molecule has 150 valence electrons. The zero-order chi connectivity index (χ0) is 19.4. The van der Waals surface area contributed by atoms with Crippen molar-refractivity contribution >= 4 is 15.8 Å². The van der Waals surface area contributed by atoms with Crippen LogP contribution in [0, 0.1) is 0 Å². The van der Waals surface area contributed by atoms with E-state index < -0.39 is 10.0 Å². The quantitative estimate of drug-likeness (QED) is 0.808. The molecule has 2 aromatic rings. The van der Waals surface area contributed by atoms with E-state index >= 15 is 0 Å². The van der Waals surface area contributed by atoms with Gasteiger partial charge < -0.3 is 5.32 Å². The highest BCUT2D eigenvalue weighted by Gasteiger charge is 2.27. The molecule has 1 aromatic heterocycles. The molecule has 1 N–H and O–H groups in total. The van der Waals surface area contributed by atoms with E-state index in [0.717, 1.165) is 51.1 Å². The molecule has 28 heavy (non-hydrogen) atoms. The Hall–Kier alpha value is -1.96. The Balaban J connectivity index is 1.29. The van der Waals surface area contributed by atoms with Gasteiger partial charge in [-0.25, -0.2) is 13.4 Å². The van der Waals surface area contributed by atoms with E-state index in [2.05, 4.69) is 39.5 Å². The first-order chi connectivity index (χ1) is 13.6. The second-order valence-electron chi connectivity index (χ2n) is 7.67. The Morgan fingerprint density at radius 3 is 2.32 bits per heavy atom. The third-order valence-corrected chi connectivity index (χ3v) is 7.51. The summed E-state index contributed by atoms with van der Waals surface area (Å²) in [7, 11) is -3.39. The van der Waals surface area contributed by atoms with E-state index in [4.69, 9.17) is 0 Å². The summed E-state index contributed by atoms with van der Waals surface area (Å²) >= 11 is 0. The summed E-state index contributed by atoms with van der Waals surface area (Å²) in [6.45, 7) is 4.32. The predicted molar refractivity (Wildman–Crippen MR) is 111 cm³/mol. The van der Waals surface area contributed by atoms with E-state index in [0.29, 0.717) is 19.1 Å². The fourth-order valence-corrected chi connectivity index (χ4v) is 5.44. The number of benzene rings is 1. The lowest BCUT2D eigenvalue weighted by Crippen LogP contribution is -2.38. The van der Waals surface area contributed by atoms with E-state index in [1.165, 1.54) is 11.8 Å². The van der Waals surface area contributed by atoms with Gasteiger partial charge in [-0.2, -0.15) is 4.31 Å². The zero-order valence-electron chi connectivity index (χ0n) is 16.1. The largest absolute Gasteiger partial charge is 0.367 e. The Bertz CT molecular complexity index is 857. The fraction of sp³-hybridized carbons (Fsp3) is 0.476. The Morgan fingerprint density at radius 1 is 0.964 bits per heavy atom. The Kier molecular flexibility index (Phi) is 5.94. The molecule has 2 saturated heterocycles. The van der Waals surface area contributed by atoms with Crippen LogP contribution in [0.5, 0.6) is 0 Å². The highest BCUT2D eigenvalue weighted by Crippen LogP contribution is 2.22. The summed E-state index contributed by atoms with van der Waals surface area (Å²) in [5.74, 6) is 0.752. The van der Waals surface area contributed by atoms with E-state index in [9.17, 15) is 8.42 Å². The van der Waals surface area contributed by atoms with Crippen molar-refractivity contribution in [3.05, 3.63) is 54.2 Å². The van der Waals surface area contributed by atoms with Gasteiger partial charge in [0.1, 0.15) is 10.7 Å². The van der Waals surface area contributed by atoms with Crippen molar-refractivity contribution in [2.45, 2.75) is 43.2 Å². The van der Waals surface area contributed by atoms with Gasteiger partial charge in [0.15, 0.2) is 0 Å². The highest BCUT2D eigenvalue weighted by molar-refractivity contribution is 7.89. The van der Waals surface area contributed by atoms with Crippen molar-refractivity contribution in [2.24, 2.45) is 0 Å². The van der Waals surface area contributed by atoms with Gasteiger partial charge in [0, 0.05) is 45.0 Å². The molecule has 7 heteroatoms. The minimum atomic E-state index is -3.39. The molecular weight excluding hydrogens is 372 g/mol. The molecule has 2 aliphatic rings. The third-order valence-electron chi connectivity index (χ3n) is 5.63. The first-order valence-corrected chi connectivity index (χ1v) is 11.5. The number of piperidine rings is 1. The van der Waals surface area contributed by atoms with Crippen LogP contribution in [-0.4, -0.2) is 54.8 Å². The van der Waals surface area contributed by atoms with Crippen LogP contribution < -0.4 is 5.32 Å². The molecule has 0 unspecified atom stereocenters. The minimum Gasteiger partial charge on any atom is -0.367 e. The molecule has 6 nitrogen and oxygen atoms in total. The second kappa shape index (κ2) is 8.59. The van der Waals surface area contributed by atoms with Gasteiger partial charge in [0.05, 0.1) is 0 Å². The van der Waals surface area contributed by atoms with E-state index in [1.54, 1.807) is 16.4 Å². The number of rotatable bonds is 6. The number of anilines is 1. The summed E-state index contributed by atoms with van der Waals surface area (Å²) in [4.78, 5) is 7.13. The number of sulfonamides is 1. The van der Waals surface area contributed by atoms with Gasteiger partial charge in [-0.1, -0.05) is 30.3 Å². The SMILES string of the molecule is O=S(=O)(c1ccc(NC2CCN(Cc3ccccc3)CC2)nc1)N1CCCC1. The molecule has 0 radical (unpaired) electrons. The average molecular weight is 401 g/mol. The van der Waals surface area contributed by atoms with Gasteiger partial charge in [0.2, 0.25) is 10.0 Å². The van der Waals surface area contributed by atoms with Crippen LogP contribution in [0.2, 0.25) is 0 Å². The number of hydrogen-bond donors (Lipinski definition) is 1. The molecular formula is C21H28N4O2S. The van der Waals surface area contributed by atoms with Crippen molar-refractivity contribution < 1.29 is 8.42 Å². The summed E-state index contributed by atoms with van der Waals surface area (Å²) in [5, 5.41) is 3.47. The average Bonchev–Trinajstić information content (AvgIpc) is 3.27. The number of pyridine rings is 1. The molecule has 0 atom stereocenters. The van der Waals surface area contributed by atoms with Crippen molar-refractivity contribution in [2.75, 3.05) is 31.5 Å². The highest BCUT2D eigenvalue weighted by atomic mass is 32.2. The number of nitrogens with zero attached hydrogens (tertiary/aromatic N) is 3. The molecule has 0 bridgehead atoms. The lowest BCUT2D eigenvalue weighted by atomic mass is 10.0. The van der Waals surface area contributed by atoms with Gasteiger partial charge in [0.25, 0.3) is 0 Å². The van der Waals surface area contributed by atoms with Crippen molar-refractivity contribution in [3.63, 3.8) is 0 Å². The minimum absolute atomic E-state index is 0.289. The van der Waals surface area contributed by atoms with Crippen LogP contribution in [0.15, 0.2) is 53.6 Å². The number of nitrogens with one attached hydrogen (secondary N) is 1. The maximum absolute atomic E-state index is 12.6. The Morgan fingerprint density at radius 2 is 1.68 bits per heavy atom. The van der Waals surface area contributed by atoms with Gasteiger partial charge >= 0.3 is 0 Å². The van der Waals surface area contributed by atoms with Crippen molar-refractivity contribution in [3.8, 4) is 0 Å². The first kappa shape index (κ1) is 19.4. The van der Waals surface area contributed by atoms with E-state index in [1.807, 2.05) is 6.07 Å². The predicted octanol–water partition coefficient (Wildman–Crippen LogP) is 2.94. The first-order valence-electron chi connectivity index (χ1n) is 10.1. The maximum atomic E-state index is 12.6. The molecule has 1 aromatic carbocycles. The molecule has 0 spiro atoms. The number of hydrogen-bond acceptors (Lipinski definition) is 5. The zero-order valence-corrected chi connectivity index (χ0v) is 16.9. The topological polar surface area (TPSA) is 65.5 Å². The second-order valence-corrected chi connectivity index (χ2v) is 9.61. The molecule has 0 aliphatic carbocycles. The van der Waals surface area contributed by atoms with Crippen LogP contribution in [0.3, 0.4) is 0 Å². The Labute approximate surface area is 167 Å². The number of likely N-dealkylation sites (tertiary alicyclic amines) is 1. The smallest absolute Gasteiger partial charge is 0.244 e. The molecule has 3 heterocycles. The third kappa shape index (κ3) is 4.54.